The van der Waals surface area contributed by atoms with Gasteiger partial charge in [-0.1, -0.05) is 45.9 Å². The first kappa shape index (κ1) is 18.8. The van der Waals surface area contributed by atoms with Crippen LogP contribution in [0.3, 0.4) is 0 Å². The van der Waals surface area contributed by atoms with E-state index in [0.717, 1.165) is 50.2 Å². The summed E-state index contributed by atoms with van der Waals surface area (Å²) in [6, 6.07) is 8.37. The maximum atomic E-state index is 12.7. The Morgan fingerprint density at radius 1 is 1.25 bits per heavy atom. The van der Waals surface area contributed by atoms with Crippen LogP contribution in [-0.4, -0.2) is 43.1 Å². The predicted octanol–water partition coefficient (Wildman–Crippen LogP) is 3.35. The van der Waals surface area contributed by atoms with Gasteiger partial charge in [0.2, 0.25) is 0 Å². The van der Waals surface area contributed by atoms with Crippen LogP contribution in [-0.2, 0) is 10.2 Å². The number of para-hydroxylation sites is 1. The van der Waals surface area contributed by atoms with Gasteiger partial charge in [0.15, 0.2) is 6.61 Å². The van der Waals surface area contributed by atoms with Crippen molar-refractivity contribution in [3.63, 3.8) is 0 Å². The highest BCUT2D eigenvalue weighted by molar-refractivity contribution is 5.78. The van der Waals surface area contributed by atoms with Crippen LogP contribution in [0.2, 0.25) is 0 Å². The van der Waals surface area contributed by atoms with E-state index in [1.165, 1.54) is 0 Å². The molecule has 0 spiro atoms. The van der Waals surface area contributed by atoms with Crippen molar-refractivity contribution in [2.45, 2.75) is 58.4 Å². The minimum absolute atomic E-state index is 0.00220. The first-order chi connectivity index (χ1) is 11.4. The summed E-state index contributed by atoms with van der Waals surface area (Å²) in [7, 11) is 0. The third kappa shape index (κ3) is 4.97. The molecule has 0 bridgehead atoms. The number of amides is 1. The van der Waals surface area contributed by atoms with Gasteiger partial charge < -0.3 is 15.0 Å². The molecule has 0 aromatic heterocycles. The number of hydrogen-bond donors (Lipinski definition) is 1. The second-order valence-electron chi connectivity index (χ2n) is 7.60. The topological polar surface area (TPSA) is 41.6 Å². The van der Waals surface area contributed by atoms with Crippen molar-refractivity contribution in [2.75, 3.05) is 26.2 Å². The molecule has 0 unspecified atom stereocenters. The van der Waals surface area contributed by atoms with Crippen molar-refractivity contribution < 1.29 is 9.53 Å². The second kappa shape index (κ2) is 8.52. The van der Waals surface area contributed by atoms with Gasteiger partial charge in [-0.15, -0.1) is 0 Å². The number of ether oxygens (including phenoxy) is 1. The van der Waals surface area contributed by atoms with Crippen LogP contribution in [0.25, 0.3) is 0 Å². The second-order valence-corrected chi connectivity index (χ2v) is 7.60. The van der Waals surface area contributed by atoms with Crippen molar-refractivity contribution in [3.05, 3.63) is 29.8 Å². The quantitative estimate of drug-likeness (QED) is 0.868. The SMILES string of the molecule is CCCN(C(=O)COc1ccccc1C(C)(C)C)C1CCNCC1. The van der Waals surface area contributed by atoms with E-state index in [1.54, 1.807) is 0 Å². The molecule has 1 aromatic rings. The average Bonchev–Trinajstić information content (AvgIpc) is 2.58. The summed E-state index contributed by atoms with van der Waals surface area (Å²) >= 11 is 0. The maximum absolute atomic E-state index is 12.7. The molecule has 24 heavy (non-hydrogen) atoms. The molecule has 4 nitrogen and oxygen atoms in total. The fourth-order valence-electron chi connectivity index (χ4n) is 3.30. The first-order valence-electron chi connectivity index (χ1n) is 9.16. The van der Waals surface area contributed by atoms with Gasteiger partial charge in [-0.05, 0) is 49.4 Å². The Morgan fingerprint density at radius 2 is 1.92 bits per heavy atom. The number of carbonyl (C=O) groups excluding carboxylic acids is 1. The molecule has 1 amide bonds. The van der Waals surface area contributed by atoms with Crippen LogP contribution in [0, 0.1) is 0 Å². The van der Waals surface area contributed by atoms with Crippen molar-refractivity contribution in [1.82, 2.24) is 10.2 Å². The molecule has 1 heterocycles. The normalized spacial score (nSPS) is 16.0. The highest BCUT2D eigenvalue weighted by atomic mass is 16.5. The molecule has 1 N–H and O–H groups in total. The van der Waals surface area contributed by atoms with E-state index < -0.39 is 0 Å². The molecule has 1 aromatic carbocycles. The number of piperidine rings is 1. The molecule has 0 atom stereocenters. The van der Waals surface area contributed by atoms with Crippen LogP contribution in [0.15, 0.2) is 24.3 Å². The fraction of sp³-hybridized carbons (Fsp3) is 0.650. The van der Waals surface area contributed by atoms with Crippen LogP contribution in [0.4, 0.5) is 0 Å². The lowest BCUT2D eigenvalue weighted by Crippen LogP contribution is -2.48. The van der Waals surface area contributed by atoms with Crippen molar-refractivity contribution >= 4 is 5.91 Å². The third-order valence-electron chi connectivity index (χ3n) is 4.58. The van der Waals surface area contributed by atoms with Crippen molar-refractivity contribution in [3.8, 4) is 5.75 Å². The molecule has 2 rings (SSSR count). The molecule has 1 saturated heterocycles. The first-order valence-corrected chi connectivity index (χ1v) is 9.16. The van der Waals surface area contributed by atoms with E-state index in [1.807, 2.05) is 23.1 Å². The van der Waals surface area contributed by atoms with E-state index in [0.29, 0.717) is 6.04 Å². The lowest BCUT2D eigenvalue weighted by atomic mass is 9.86. The molecule has 0 radical (unpaired) electrons. The third-order valence-corrected chi connectivity index (χ3v) is 4.58. The van der Waals surface area contributed by atoms with E-state index in [-0.39, 0.29) is 17.9 Å². The van der Waals surface area contributed by atoms with Crippen LogP contribution in [0.5, 0.6) is 5.75 Å². The molecule has 4 heteroatoms. The summed E-state index contributed by atoms with van der Waals surface area (Å²) in [5.74, 6) is 0.924. The number of hydrogen-bond acceptors (Lipinski definition) is 3. The van der Waals surface area contributed by atoms with Gasteiger partial charge in [0.25, 0.3) is 5.91 Å². The Labute approximate surface area is 146 Å². The summed E-state index contributed by atoms with van der Waals surface area (Å²) in [4.78, 5) is 14.8. The van der Waals surface area contributed by atoms with Gasteiger partial charge >= 0.3 is 0 Å². The zero-order valence-corrected chi connectivity index (χ0v) is 15.6. The number of nitrogens with zero attached hydrogens (tertiary/aromatic N) is 1. The Hall–Kier alpha value is -1.55. The van der Waals surface area contributed by atoms with Gasteiger partial charge in [0.1, 0.15) is 5.75 Å². The lowest BCUT2D eigenvalue weighted by Gasteiger charge is -2.34. The number of rotatable bonds is 6. The van der Waals surface area contributed by atoms with Gasteiger partial charge in [0.05, 0.1) is 0 Å². The van der Waals surface area contributed by atoms with Gasteiger partial charge in [-0.2, -0.15) is 0 Å². The Morgan fingerprint density at radius 3 is 2.54 bits per heavy atom. The highest BCUT2D eigenvalue weighted by Crippen LogP contribution is 2.31. The largest absolute Gasteiger partial charge is 0.483 e. The summed E-state index contributed by atoms with van der Waals surface area (Å²) < 4.78 is 5.94. The van der Waals surface area contributed by atoms with Gasteiger partial charge in [-0.25, -0.2) is 0 Å². The molecule has 134 valence electrons. The smallest absolute Gasteiger partial charge is 0.260 e. The molecule has 0 aliphatic carbocycles. The molecule has 1 aliphatic rings. The molecule has 1 aliphatic heterocycles. The molecular formula is C20H32N2O2. The summed E-state index contributed by atoms with van der Waals surface area (Å²) in [6.45, 7) is 11.5. The zero-order valence-electron chi connectivity index (χ0n) is 15.6. The number of nitrogens with one attached hydrogen (secondary N) is 1. The monoisotopic (exact) mass is 332 g/mol. The van der Waals surface area contributed by atoms with Crippen molar-refractivity contribution in [1.29, 1.82) is 0 Å². The van der Waals surface area contributed by atoms with E-state index in [9.17, 15) is 4.79 Å². The van der Waals surface area contributed by atoms with Crippen LogP contribution < -0.4 is 10.1 Å². The highest BCUT2D eigenvalue weighted by Gasteiger charge is 2.25. The molecule has 0 saturated carbocycles. The van der Waals surface area contributed by atoms with E-state index in [4.69, 9.17) is 4.74 Å². The Balaban J connectivity index is 2.03. The Kier molecular flexibility index (Phi) is 6.67. The zero-order chi connectivity index (χ0) is 17.6. The van der Waals surface area contributed by atoms with Gasteiger partial charge in [0, 0.05) is 12.6 Å². The fourth-order valence-corrected chi connectivity index (χ4v) is 3.30. The summed E-state index contributed by atoms with van der Waals surface area (Å²) in [5, 5.41) is 3.36. The summed E-state index contributed by atoms with van der Waals surface area (Å²) in [6.07, 6.45) is 3.04. The van der Waals surface area contributed by atoms with Gasteiger partial charge in [-0.3, -0.25) is 4.79 Å². The van der Waals surface area contributed by atoms with Crippen molar-refractivity contribution in [2.24, 2.45) is 0 Å². The van der Waals surface area contributed by atoms with Crippen LogP contribution in [0.1, 0.15) is 52.5 Å². The standard InChI is InChI=1S/C20H32N2O2/c1-5-14-22(16-10-12-21-13-11-16)19(23)15-24-18-9-7-6-8-17(18)20(2,3)4/h6-9,16,21H,5,10-15H2,1-4H3. The van der Waals surface area contributed by atoms with E-state index >= 15 is 0 Å². The minimum atomic E-state index is -0.00220. The summed E-state index contributed by atoms with van der Waals surface area (Å²) in [5.41, 5.74) is 1.14. The molecule has 1 fully saturated rings. The van der Waals surface area contributed by atoms with Crippen LogP contribution >= 0.6 is 0 Å². The lowest BCUT2D eigenvalue weighted by molar-refractivity contribution is -0.136. The Bertz CT molecular complexity index is 531. The van der Waals surface area contributed by atoms with E-state index in [2.05, 4.69) is 39.1 Å². The number of benzene rings is 1. The molecular weight excluding hydrogens is 300 g/mol. The number of carbonyl (C=O) groups is 1. The maximum Gasteiger partial charge on any atom is 0.260 e. The minimum Gasteiger partial charge on any atom is -0.483 e. The average molecular weight is 332 g/mol. The predicted molar refractivity (Wildman–Crippen MR) is 98.5 cm³/mol.